The van der Waals surface area contributed by atoms with Crippen molar-refractivity contribution in [2.24, 2.45) is 5.92 Å². The third-order valence-electron chi connectivity index (χ3n) is 4.94. The van der Waals surface area contributed by atoms with Gasteiger partial charge >= 0.3 is 0 Å². The second-order valence-corrected chi connectivity index (χ2v) is 6.77. The Labute approximate surface area is 137 Å². The Balaban J connectivity index is 1.58. The van der Waals surface area contributed by atoms with Crippen LogP contribution in [-0.2, 0) is 4.79 Å². The fourth-order valence-electron chi connectivity index (χ4n) is 3.33. The van der Waals surface area contributed by atoms with E-state index < -0.39 is 0 Å². The Morgan fingerprint density at radius 1 is 1.26 bits per heavy atom. The largest absolute Gasteiger partial charge is 0.486 e. The van der Waals surface area contributed by atoms with Crippen molar-refractivity contribution in [3.05, 3.63) is 28.2 Å². The highest BCUT2D eigenvalue weighted by Crippen LogP contribution is 2.35. The minimum atomic E-state index is 0.00360. The molecule has 0 spiro atoms. The number of hydrogen-bond donors (Lipinski definition) is 0. The van der Waals surface area contributed by atoms with Crippen LogP contribution in [0, 0.1) is 12.8 Å². The first-order valence-electron chi connectivity index (χ1n) is 8.72. The van der Waals surface area contributed by atoms with E-state index in [-0.39, 0.29) is 23.5 Å². The molecule has 2 aliphatic rings. The third kappa shape index (κ3) is 3.28. The lowest BCUT2D eigenvalue weighted by Gasteiger charge is -2.40. The van der Waals surface area contributed by atoms with Gasteiger partial charge in [0.05, 0.1) is 13.1 Å². The van der Waals surface area contributed by atoms with Gasteiger partial charge in [0.25, 0.3) is 5.56 Å². The molecule has 2 heterocycles. The summed E-state index contributed by atoms with van der Waals surface area (Å²) in [6.07, 6.45) is 3.96. The molecule has 1 aliphatic carbocycles. The molecule has 0 N–H and O–H groups in total. The van der Waals surface area contributed by atoms with Crippen LogP contribution in [0.3, 0.4) is 0 Å². The highest BCUT2D eigenvalue weighted by molar-refractivity contribution is 5.79. The summed E-state index contributed by atoms with van der Waals surface area (Å²) in [4.78, 5) is 26.3. The molecule has 126 valence electrons. The maximum absolute atomic E-state index is 12.2. The van der Waals surface area contributed by atoms with Crippen molar-refractivity contribution in [3.8, 4) is 5.75 Å². The van der Waals surface area contributed by atoms with Gasteiger partial charge < -0.3 is 14.2 Å². The average Bonchev–Trinajstić information content (AvgIpc) is 3.27. The molecule has 2 fully saturated rings. The van der Waals surface area contributed by atoms with Gasteiger partial charge in [-0.25, -0.2) is 0 Å². The zero-order valence-electron chi connectivity index (χ0n) is 14.2. The number of carbonyl (C=O) groups is 1. The van der Waals surface area contributed by atoms with E-state index in [0.717, 1.165) is 31.4 Å². The molecule has 23 heavy (non-hydrogen) atoms. The normalized spacial score (nSPS) is 18.2. The highest BCUT2D eigenvalue weighted by Gasteiger charge is 2.35. The van der Waals surface area contributed by atoms with Gasteiger partial charge in [0.2, 0.25) is 5.91 Å². The van der Waals surface area contributed by atoms with Crippen molar-refractivity contribution in [3.63, 3.8) is 0 Å². The number of nitrogens with zero attached hydrogens (tertiary/aromatic N) is 2. The summed E-state index contributed by atoms with van der Waals surface area (Å²) in [6, 6.07) is 3.90. The summed E-state index contributed by atoms with van der Waals surface area (Å²) >= 11 is 0. The summed E-state index contributed by atoms with van der Waals surface area (Å²) in [7, 11) is 0. The lowest BCUT2D eigenvalue weighted by molar-refractivity contribution is -0.144. The van der Waals surface area contributed by atoms with E-state index in [1.807, 2.05) is 22.5 Å². The first kappa shape index (κ1) is 16.1. The average molecular weight is 318 g/mol. The molecule has 5 nitrogen and oxygen atoms in total. The summed E-state index contributed by atoms with van der Waals surface area (Å²) in [5.41, 5.74) is 0.978. The molecular weight excluding hydrogens is 292 g/mol. The van der Waals surface area contributed by atoms with Crippen LogP contribution in [-0.4, -0.2) is 34.6 Å². The SMILES string of the molecule is CCC(CC)C(=O)N1CC(Oc2cc(C)n(C3CC3)c(=O)c2)C1. The number of aromatic nitrogens is 1. The van der Waals surface area contributed by atoms with Gasteiger partial charge in [0, 0.05) is 23.7 Å². The topological polar surface area (TPSA) is 51.5 Å². The molecule has 3 rings (SSSR count). The third-order valence-corrected chi connectivity index (χ3v) is 4.94. The Kier molecular flexibility index (Phi) is 4.46. The zero-order valence-corrected chi connectivity index (χ0v) is 14.2. The Morgan fingerprint density at radius 2 is 1.91 bits per heavy atom. The van der Waals surface area contributed by atoms with Crippen LogP contribution in [0.2, 0.25) is 0 Å². The molecule has 1 saturated carbocycles. The van der Waals surface area contributed by atoms with Crippen molar-refractivity contribution in [2.45, 2.75) is 58.6 Å². The second kappa shape index (κ2) is 6.38. The Hall–Kier alpha value is -1.78. The molecule has 5 heteroatoms. The predicted octanol–water partition coefficient (Wildman–Crippen LogP) is 2.52. The second-order valence-electron chi connectivity index (χ2n) is 6.77. The van der Waals surface area contributed by atoms with Gasteiger partial charge in [-0.05, 0) is 38.7 Å². The fourth-order valence-corrected chi connectivity index (χ4v) is 3.33. The van der Waals surface area contributed by atoms with Crippen molar-refractivity contribution in [1.29, 1.82) is 0 Å². The van der Waals surface area contributed by atoms with Crippen molar-refractivity contribution in [1.82, 2.24) is 9.47 Å². The maximum atomic E-state index is 12.2. The monoisotopic (exact) mass is 318 g/mol. The van der Waals surface area contributed by atoms with Crippen LogP contribution in [0.4, 0.5) is 0 Å². The Bertz CT molecular complexity index is 638. The molecular formula is C18H26N2O3. The van der Waals surface area contributed by atoms with Gasteiger partial charge in [0.15, 0.2) is 0 Å². The standard InChI is InChI=1S/C18H26N2O3/c1-4-13(5-2)18(22)19-10-16(11-19)23-15-8-12(3)20(14-6-7-14)17(21)9-15/h8-9,13-14,16H,4-7,10-11H2,1-3H3. The van der Waals surface area contributed by atoms with Gasteiger partial charge in [0.1, 0.15) is 11.9 Å². The highest BCUT2D eigenvalue weighted by atomic mass is 16.5. The number of hydrogen-bond acceptors (Lipinski definition) is 3. The van der Waals surface area contributed by atoms with Crippen molar-refractivity contribution < 1.29 is 9.53 Å². The number of ether oxygens (including phenoxy) is 1. The number of pyridine rings is 1. The number of aryl methyl sites for hydroxylation is 1. The Morgan fingerprint density at radius 3 is 2.43 bits per heavy atom. The van der Waals surface area contributed by atoms with E-state index in [1.54, 1.807) is 6.07 Å². The van der Waals surface area contributed by atoms with Gasteiger partial charge in [-0.2, -0.15) is 0 Å². The number of carbonyl (C=O) groups excluding carboxylic acids is 1. The molecule has 1 amide bonds. The lowest BCUT2D eigenvalue weighted by atomic mass is 9.99. The minimum absolute atomic E-state index is 0.00360. The molecule has 0 bridgehead atoms. The van der Waals surface area contributed by atoms with Crippen molar-refractivity contribution in [2.75, 3.05) is 13.1 Å². The lowest BCUT2D eigenvalue weighted by Crippen LogP contribution is -2.57. The summed E-state index contributed by atoms with van der Waals surface area (Å²) in [5, 5.41) is 0. The molecule has 1 aromatic heterocycles. The van der Waals surface area contributed by atoms with E-state index in [1.165, 1.54) is 0 Å². The van der Waals surface area contributed by atoms with E-state index in [9.17, 15) is 9.59 Å². The molecule has 0 atom stereocenters. The van der Waals surface area contributed by atoms with Gasteiger partial charge in [-0.1, -0.05) is 13.8 Å². The van der Waals surface area contributed by atoms with Gasteiger partial charge in [-0.3, -0.25) is 9.59 Å². The fraction of sp³-hybridized carbons (Fsp3) is 0.667. The van der Waals surface area contributed by atoms with E-state index in [0.29, 0.717) is 24.9 Å². The molecule has 1 saturated heterocycles. The summed E-state index contributed by atoms with van der Waals surface area (Å²) in [6.45, 7) is 7.31. The maximum Gasteiger partial charge on any atom is 0.254 e. The van der Waals surface area contributed by atoms with Crippen LogP contribution in [0.1, 0.15) is 51.3 Å². The van der Waals surface area contributed by atoms with E-state index >= 15 is 0 Å². The summed E-state index contributed by atoms with van der Waals surface area (Å²) in [5.74, 6) is 0.986. The van der Waals surface area contributed by atoms with E-state index in [4.69, 9.17) is 4.74 Å². The van der Waals surface area contributed by atoms with Crippen LogP contribution in [0.15, 0.2) is 16.9 Å². The minimum Gasteiger partial charge on any atom is -0.486 e. The van der Waals surface area contributed by atoms with Crippen LogP contribution in [0.5, 0.6) is 5.75 Å². The van der Waals surface area contributed by atoms with Gasteiger partial charge in [-0.15, -0.1) is 0 Å². The molecule has 0 aromatic carbocycles. The zero-order chi connectivity index (χ0) is 16.6. The molecule has 1 aromatic rings. The van der Waals surface area contributed by atoms with Crippen LogP contribution < -0.4 is 10.3 Å². The first-order chi connectivity index (χ1) is 11.0. The van der Waals surface area contributed by atoms with Crippen LogP contribution >= 0.6 is 0 Å². The summed E-state index contributed by atoms with van der Waals surface area (Å²) < 4.78 is 7.75. The number of rotatable bonds is 6. The number of amides is 1. The van der Waals surface area contributed by atoms with Crippen molar-refractivity contribution >= 4 is 5.91 Å². The van der Waals surface area contributed by atoms with Crippen LogP contribution in [0.25, 0.3) is 0 Å². The first-order valence-corrected chi connectivity index (χ1v) is 8.72. The van der Waals surface area contributed by atoms with E-state index in [2.05, 4.69) is 13.8 Å². The molecule has 0 unspecified atom stereocenters. The molecule has 0 radical (unpaired) electrons. The smallest absolute Gasteiger partial charge is 0.254 e. The predicted molar refractivity (Wildman–Crippen MR) is 88.8 cm³/mol. The quantitative estimate of drug-likeness (QED) is 0.810. The number of likely N-dealkylation sites (tertiary alicyclic amines) is 1. The molecule has 1 aliphatic heterocycles.